The van der Waals surface area contributed by atoms with Crippen molar-refractivity contribution in [2.75, 3.05) is 12.4 Å². The number of anilines is 1. The van der Waals surface area contributed by atoms with Crippen molar-refractivity contribution in [2.24, 2.45) is 0 Å². The first-order valence-corrected chi connectivity index (χ1v) is 10.1. The summed E-state index contributed by atoms with van der Waals surface area (Å²) in [7, 11) is 1.16. The van der Waals surface area contributed by atoms with Crippen LogP contribution in [-0.4, -0.2) is 23.9 Å². The lowest BCUT2D eigenvalue weighted by Gasteiger charge is -2.16. The van der Waals surface area contributed by atoms with Gasteiger partial charge in [0.15, 0.2) is 0 Å². The van der Waals surface area contributed by atoms with Crippen molar-refractivity contribution in [3.63, 3.8) is 0 Å². The number of nitriles is 1. The van der Waals surface area contributed by atoms with Crippen LogP contribution in [0.3, 0.4) is 0 Å². The second-order valence-electron chi connectivity index (χ2n) is 7.83. The van der Waals surface area contributed by atoms with Crippen LogP contribution in [0.25, 0.3) is 0 Å². The zero-order valence-electron chi connectivity index (χ0n) is 18.7. The van der Waals surface area contributed by atoms with Crippen molar-refractivity contribution in [1.29, 1.82) is 5.26 Å². The number of hydrogen-bond donors (Lipinski definition) is 1. The molecule has 0 aromatic heterocycles. The van der Waals surface area contributed by atoms with Gasteiger partial charge in [-0.2, -0.15) is 5.26 Å². The van der Waals surface area contributed by atoms with Crippen LogP contribution in [0, 0.1) is 21.4 Å². The van der Waals surface area contributed by atoms with Crippen molar-refractivity contribution in [2.45, 2.75) is 19.3 Å². The van der Waals surface area contributed by atoms with Crippen LogP contribution >= 0.6 is 0 Å². The fourth-order valence-electron chi connectivity index (χ4n) is 3.07. The molecular formula is C25H21N3O6. The van der Waals surface area contributed by atoms with Crippen LogP contribution in [0.1, 0.15) is 40.1 Å². The number of benzene rings is 3. The standard InChI is InChI=1S/C25H21N3O6/c1-25(2,15-26)17-7-4-6-16(12-17)23(29)27-18-8-5-9-20(13-18)34-22-11-10-19(28(31)32)14-21(22)24(30)33-3/h4-14H,1-3H3,(H,27,29). The Kier molecular flexibility index (Phi) is 6.92. The summed E-state index contributed by atoms with van der Waals surface area (Å²) in [6.45, 7) is 3.54. The van der Waals surface area contributed by atoms with Crippen LogP contribution in [0.4, 0.5) is 11.4 Å². The number of carbonyl (C=O) groups is 2. The molecule has 3 aromatic rings. The molecule has 0 radical (unpaired) electrons. The Hall–Kier alpha value is -4.71. The third kappa shape index (κ3) is 5.37. The summed E-state index contributed by atoms with van der Waals surface area (Å²) in [5.74, 6) is -0.815. The van der Waals surface area contributed by atoms with Gasteiger partial charge in [0.2, 0.25) is 0 Å². The highest BCUT2D eigenvalue weighted by atomic mass is 16.6. The number of nitrogens with one attached hydrogen (secondary N) is 1. The molecule has 0 unspecified atom stereocenters. The summed E-state index contributed by atoms with van der Waals surface area (Å²) < 4.78 is 10.5. The van der Waals surface area contributed by atoms with Gasteiger partial charge in [-0.05, 0) is 49.7 Å². The highest BCUT2D eigenvalue weighted by Gasteiger charge is 2.21. The lowest BCUT2D eigenvalue weighted by molar-refractivity contribution is -0.384. The van der Waals surface area contributed by atoms with E-state index in [1.807, 2.05) is 0 Å². The fourth-order valence-corrected chi connectivity index (χ4v) is 3.07. The van der Waals surface area contributed by atoms with Gasteiger partial charge in [-0.15, -0.1) is 0 Å². The van der Waals surface area contributed by atoms with Crippen LogP contribution in [0.5, 0.6) is 11.5 Å². The lowest BCUT2D eigenvalue weighted by atomic mass is 9.85. The first-order chi connectivity index (χ1) is 16.1. The van der Waals surface area contributed by atoms with E-state index in [4.69, 9.17) is 9.47 Å². The molecule has 0 heterocycles. The normalized spacial score (nSPS) is 10.6. The number of nitrogens with zero attached hydrogens (tertiary/aromatic N) is 2. The second kappa shape index (κ2) is 9.83. The summed E-state index contributed by atoms with van der Waals surface area (Å²) in [5, 5.41) is 23.2. The molecule has 1 amide bonds. The van der Waals surface area contributed by atoms with E-state index in [0.717, 1.165) is 13.2 Å². The van der Waals surface area contributed by atoms with E-state index in [0.29, 0.717) is 16.8 Å². The van der Waals surface area contributed by atoms with E-state index in [9.17, 15) is 25.0 Å². The first kappa shape index (κ1) is 23.9. The van der Waals surface area contributed by atoms with Crippen molar-refractivity contribution in [3.8, 4) is 17.6 Å². The maximum absolute atomic E-state index is 12.8. The Morgan fingerprint density at radius 1 is 1.06 bits per heavy atom. The zero-order valence-corrected chi connectivity index (χ0v) is 18.7. The van der Waals surface area contributed by atoms with Crippen molar-refractivity contribution in [3.05, 3.63) is 93.5 Å². The van der Waals surface area contributed by atoms with E-state index in [1.165, 1.54) is 12.1 Å². The maximum atomic E-state index is 12.8. The SMILES string of the molecule is COC(=O)c1cc([N+](=O)[O-])ccc1Oc1cccc(NC(=O)c2cccc(C(C)(C)C#N)c2)c1. The number of esters is 1. The molecule has 0 saturated heterocycles. The van der Waals surface area contributed by atoms with E-state index < -0.39 is 16.3 Å². The molecule has 0 bridgehead atoms. The van der Waals surface area contributed by atoms with Gasteiger partial charge in [-0.25, -0.2) is 4.79 Å². The molecule has 0 aliphatic rings. The van der Waals surface area contributed by atoms with E-state index in [1.54, 1.807) is 62.4 Å². The molecule has 0 fully saturated rings. The third-order valence-corrected chi connectivity index (χ3v) is 5.02. The van der Waals surface area contributed by atoms with Crippen LogP contribution in [0.2, 0.25) is 0 Å². The topological polar surface area (TPSA) is 132 Å². The number of nitro groups is 1. The largest absolute Gasteiger partial charge is 0.465 e. The van der Waals surface area contributed by atoms with Gasteiger partial charge < -0.3 is 14.8 Å². The number of nitro benzene ring substituents is 1. The minimum atomic E-state index is -0.789. The Labute approximate surface area is 195 Å². The summed E-state index contributed by atoms with van der Waals surface area (Å²) in [6, 6.07) is 19.1. The summed E-state index contributed by atoms with van der Waals surface area (Å²) >= 11 is 0. The Morgan fingerprint density at radius 2 is 1.79 bits per heavy atom. The van der Waals surface area contributed by atoms with Crippen molar-refractivity contribution < 1.29 is 24.0 Å². The van der Waals surface area contributed by atoms with Gasteiger partial charge in [-0.3, -0.25) is 14.9 Å². The Balaban J connectivity index is 1.83. The van der Waals surface area contributed by atoms with Crippen LogP contribution < -0.4 is 10.1 Å². The summed E-state index contributed by atoms with van der Waals surface area (Å²) in [5.41, 5.74) is 0.392. The number of amides is 1. The quantitative estimate of drug-likeness (QED) is 0.291. The number of hydrogen-bond acceptors (Lipinski definition) is 7. The minimum absolute atomic E-state index is 0.0624. The zero-order chi connectivity index (χ0) is 24.9. The monoisotopic (exact) mass is 459 g/mol. The molecule has 3 aromatic carbocycles. The molecule has 0 aliphatic carbocycles. The van der Waals surface area contributed by atoms with E-state index >= 15 is 0 Å². The van der Waals surface area contributed by atoms with Gasteiger partial charge in [0.05, 0.1) is 23.5 Å². The molecule has 3 rings (SSSR count). The number of methoxy groups -OCH3 is 1. The molecule has 172 valence electrons. The average molecular weight is 459 g/mol. The molecule has 0 saturated carbocycles. The number of non-ortho nitro benzene ring substituents is 1. The van der Waals surface area contributed by atoms with E-state index in [-0.39, 0.29) is 28.7 Å². The third-order valence-electron chi connectivity index (χ3n) is 5.02. The average Bonchev–Trinajstić information content (AvgIpc) is 2.84. The molecule has 34 heavy (non-hydrogen) atoms. The molecule has 9 heteroatoms. The van der Waals surface area contributed by atoms with Gasteiger partial charge in [0.1, 0.15) is 17.1 Å². The second-order valence-corrected chi connectivity index (χ2v) is 7.83. The summed E-state index contributed by atoms with van der Waals surface area (Å²) in [4.78, 5) is 35.3. The Bertz CT molecular complexity index is 1310. The number of ether oxygens (including phenoxy) is 2. The molecule has 0 spiro atoms. The molecule has 9 nitrogen and oxygen atoms in total. The molecular weight excluding hydrogens is 438 g/mol. The highest BCUT2D eigenvalue weighted by molar-refractivity contribution is 6.04. The number of rotatable bonds is 7. The minimum Gasteiger partial charge on any atom is -0.465 e. The highest BCUT2D eigenvalue weighted by Crippen LogP contribution is 2.31. The van der Waals surface area contributed by atoms with E-state index in [2.05, 4.69) is 11.4 Å². The molecule has 1 N–H and O–H groups in total. The summed E-state index contributed by atoms with van der Waals surface area (Å²) in [6.07, 6.45) is 0. The number of carbonyl (C=O) groups excluding carboxylic acids is 2. The fraction of sp³-hybridized carbons (Fsp3) is 0.160. The van der Waals surface area contributed by atoms with Crippen LogP contribution in [0.15, 0.2) is 66.7 Å². The van der Waals surface area contributed by atoms with Crippen LogP contribution in [-0.2, 0) is 10.2 Å². The molecule has 0 aliphatic heterocycles. The van der Waals surface area contributed by atoms with Crippen molar-refractivity contribution >= 4 is 23.3 Å². The first-order valence-electron chi connectivity index (χ1n) is 10.1. The maximum Gasteiger partial charge on any atom is 0.341 e. The molecule has 0 atom stereocenters. The van der Waals surface area contributed by atoms with Crippen molar-refractivity contribution in [1.82, 2.24) is 0 Å². The predicted molar refractivity (Wildman–Crippen MR) is 124 cm³/mol. The predicted octanol–water partition coefficient (Wildman–Crippen LogP) is 5.23. The van der Waals surface area contributed by atoms with Gasteiger partial charge in [-0.1, -0.05) is 18.2 Å². The lowest BCUT2D eigenvalue weighted by Crippen LogP contribution is -2.17. The van der Waals surface area contributed by atoms with Gasteiger partial charge in [0, 0.05) is 29.4 Å². The Morgan fingerprint density at radius 3 is 2.47 bits per heavy atom. The smallest absolute Gasteiger partial charge is 0.341 e. The van der Waals surface area contributed by atoms with Gasteiger partial charge in [0.25, 0.3) is 11.6 Å². The van der Waals surface area contributed by atoms with Gasteiger partial charge >= 0.3 is 5.97 Å².